The van der Waals surface area contributed by atoms with E-state index in [1.54, 1.807) is 60.6 Å². The van der Waals surface area contributed by atoms with Crippen molar-refractivity contribution in [2.45, 2.75) is 6.54 Å². The summed E-state index contributed by atoms with van der Waals surface area (Å²) in [6.07, 6.45) is 4.90. The summed E-state index contributed by atoms with van der Waals surface area (Å²) in [5, 5.41) is 5.16. The van der Waals surface area contributed by atoms with E-state index in [0.717, 1.165) is 15.7 Å². The van der Waals surface area contributed by atoms with Crippen LogP contribution in [0.4, 0.5) is 5.95 Å². The van der Waals surface area contributed by atoms with Crippen molar-refractivity contribution in [3.05, 3.63) is 84.7 Å². The van der Waals surface area contributed by atoms with Crippen LogP contribution < -0.4 is 16.7 Å². The molecule has 158 valence electrons. The lowest BCUT2D eigenvalue weighted by atomic mass is 10.2. The van der Waals surface area contributed by atoms with E-state index in [1.807, 2.05) is 0 Å². The van der Waals surface area contributed by atoms with Gasteiger partial charge in [-0.15, -0.1) is 0 Å². The number of aryl methyl sites for hydroxylation is 1. The van der Waals surface area contributed by atoms with Gasteiger partial charge in [0.1, 0.15) is 0 Å². The third-order valence-electron chi connectivity index (χ3n) is 4.78. The molecule has 3 aromatic heterocycles. The molecule has 1 N–H and O–H groups in total. The molecule has 0 bridgehead atoms. The number of aromatic nitrogens is 5. The third kappa shape index (κ3) is 3.97. The molecule has 0 amide bonds. The molecule has 1 aromatic carbocycles. The highest BCUT2D eigenvalue weighted by atomic mass is 35.5. The first kappa shape index (κ1) is 20.8. The maximum atomic E-state index is 12.9. The number of hydrazone groups is 1. The van der Waals surface area contributed by atoms with Gasteiger partial charge >= 0.3 is 5.69 Å². The molecule has 4 aromatic rings. The second-order valence-corrected chi connectivity index (χ2v) is 7.63. The maximum absolute atomic E-state index is 12.9. The highest BCUT2D eigenvalue weighted by molar-refractivity contribution is 6.35. The molecule has 0 spiro atoms. The number of fused-ring (bicyclic) bond motifs is 1. The maximum Gasteiger partial charge on any atom is 0.332 e. The molecule has 0 fully saturated rings. The number of hydrogen-bond donors (Lipinski definition) is 1. The average molecular weight is 458 g/mol. The topological polar surface area (TPSA) is 99.1 Å². The molecule has 0 unspecified atom stereocenters. The number of hydrogen-bond acceptors (Lipinski definition) is 6. The van der Waals surface area contributed by atoms with Gasteiger partial charge < -0.3 is 0 Å². The van der Waals surface area contributed by atoms with E-state index in [0.29, 0.717) is 10.0 Å². The Morgan fingerprint density at radius 3 is 2.55 bits per heavy atom. The fourth-order valence-corrected chi connectivity index (χ4v) is 3.59. The van der Waals surface area contributed by atoms with Gasteiger partial charge in [-0.3, -0.25) is 23.5 Å². The minimum Gasteiger partial charge on any atom is -0.298 e. The number of halogens is 2. The van der Waals surface area contributed by atoms with Crippen molar-refractivity contribution in [2.75, 3.05) is 5.43 Å². The van der Waals surface area contributed by atoms with Crippen LogP contribution in [0.15, 0.2) is 57.4 Å². The van der Waals surface area contributed by atoms with Crippen LogP contribution in [0.3, 0.4) is 0 Å². The van der Waals surface area contributed by atoms with Crippen molar-refractivity contribution < 1.29 is 0 Å². The monoisotopic (exact) mass is 457 g/mol. The zero-order valence-corrected chi connectivity index (χ0v) is 18.1. The van der Waals surface area contributed by atoms with Gasteiger partial charge in [-0.2, -0.15) is 10.1 Å². The molecule has 0 atom stereocenters. The van der Waals surface area contributed by atoms with Crippen LogP contribution in [-0.4, -0.2) is 29.9 Å². The SMILES string of the molecule is Cn1c(=O)c2c(nc(N/N=C\c3ccncc3)n2Cc2ccc(Cl)cc2Cl)n(C)c1=O. The van der Waals surface area contributed by atoms with Crippen molar-refractivity contribution >= 4 is 46.5 Å². The molecule has 0 saturated carbocycles. The number of nitrogens with one attached hydrogen (secondary N) is 1. The first-order valence-electron chi connectivity index (χ1n) is 9.16. The number of rotatable bonds is 5. The van der Waals surface area contributed by atoms with Crippen LogP contribution in [0.1, 0.15) is 11.1 Å². The van der Waals surface area contributed by atoms with Gasteiger partial charge in [-0.05, 0) is 35.4 Å². The molecule has 0 radical (unpaired) electrons. The molecule has 4 rings (SSSR count). The normalized spacial score (nSPS) is 11.5. The van der Waals surface area contributed by atoms with E-state index >= 15 is 0 Å². The Bertz CT molecular complexity index is 1420. The molecule has 9 nitrogen and oxygen atoms in total. The average Bonchev–Trinajstić information content (AvgIpc) is 3.12. The Balaban J connectivity index is 1.86. The smallest absolute Gasteiger partial charge is 0.298 e. The Kier molecular flexibility index (Phi) is 5.62. The van der Waals surface area contributed by atoms with Crippen molar-refractivity contribution in [1.29, 1.82) is 0 Å². The van der Waals surface area contributed by atoms with Gasteiger partial charge in [0, 0.05) is 36.5 Å². The summed E-state index contributed by atoms with van der Waals surface area (Å²) < 4.78 is 3.98. The lowest BCUT2D eigenvalue weighted by Crippen LogP contribution is -2.37. The van der Waals surface area contributed by atoms with Crippen LogP contribution in [-0.2, 0) is 20.6 Å². The van der Waals surface area contributed by atoms with Crippen LogP contribution in [0.2, 0.25) is 10.0 Å². The number of nitrogens with zero attached hydrogens (tertiary/aromatic N) is 6. The molecule has 0 saturated heterocycles. The van der Waals surface area contributed by atoms with E-state index < -0.39 is 11.2 Å². The van der Waals surface area contributed by atoms with Crippen LogP contribution in [0, 0.1) is 0 Å². The molecule has 0 aliphatic heterocycles. The van der Waals surface area contributed by atoms with E-state index in [2.05, 4.69) is 20.5 Å². The Morgan fingerprint density at radius 1 is 1.10 bits per heavy atom. The van der Waals surface area contributed by atoms with Crippen LogP contribution in [0.25, 0.3) is 11.2 Å². The first-order chi connectivity index (χ1) is 14.9. The fraction of sp³-hybridized carbons (Fsp3) is 0.150. The zero-order valence-electron chi connectivity index (χ0n) is 16.6. The van der Waals surface area contributed by atoms with Crippen LogP contribution in [0.5, 0.6) is 0 Å². The zero-order chi connectivity index (χ0) is 22.1. The first-order valence-corrected chi connectivity index (χ1v) is 9.91. The summed E-state index contributed by atoms with van der Waals surface area (Å²) in [5.74, 6) is 0.282. The fourth-order valence-electron chi connectivity index (χ4n) is 3.12. The molecule has 3 heterocycles. The van der Waals surface area contributed by atoms with Gasteiger partial charge in [-0.1, -0.05) is 29.3 Å². The minimum absolute atomic E-state index is 0.215. The Hall–Kier alpha value is -3.43. The van der Waals surface area contributed by atoms with Crippen LogP contribution >= 0.6 is 23.2 Å². The van der Waals surface area contributed by atoms with Crippen molar-refractivity contribution in [3.63, 3.8) is 0 Å². The van der Waals surface area contributed by atoms with E-state index in [-0.39, 0.29) is 23.7 Å². The summed E-state index contributed by atoms with van der Waals surface area (Å²) in [6.45, 7) is 0.215. The molecule has 0 aliphatic rings. The molecule has 0 aliphatic carbocycles. The quantitative estimate of drug-likeness (QED) is 0.366. The molecule has 31 heavy (non-hydrogen) atoms. The minimum atomic E-state index is -0.474. The Labute approximate surface area is 186 Å². The second kappa shape index (κ2) is 8.37. The summed E-state index contributed by atoms with van der Waals surface area (Å²) in [4.78, 5) is 33.7. The number of imidazole rings is 1. The highest BCUT2D eigenvalue weighted by Gasteiger charge is 2.20. The van der Waals surface area contributed by atoms with Gasteiger partial charge in [0.2, 0.25) is 5.95 Å². The van der Waals surface area contributed by atoms with E-state index in [4.69, 9.17) is 23.2 Å². The van der Waals surface area contributed by atoms with Crippen molar-refractivity contribution in [3.8, 4) is 0 Å². The lowest BCUT2D eigenvalue weighted by Gasteiger charge is -2.11. The predicted molar refractivity (Wildman–Crippen MR) is 121 cm³/mol. The van der Waals surface area contributed by atoms with Gasteiger partial charge in [0.05, 0.1) is 12.8 Å². The standard InChI is InChI=1S/C20H17Cl2N7O2/c1-27-17-16(18(30)28(2)20(27)31)29(11-13-3-4-14(21)9-15(13)22)19(25-17)26-24-10-12-5-7-23-8-6-12/h3-10H,11H2,1-2H3,(H,25,26)/b24-10-. The molecular weight excluding hydrogens is 441 g/mol. The van der Waals surface area contributed by atoms with Gasteiger partial charge in [-0.25, -0.2) is 10.2 Å². The largest absolute Gasteiger partial charge is 0.332 e. The highest BCUT2D eigenvalue weighted by Crippen LogP contribution is 2.24. The third-order valence-corrected chi connectivity index (χ3v) is 5.36. The van der Waals surface area contributed by atoms with Crippen molar-refractivity contribution in [1.82, 2.24) is 23.7 Å². The molecular formula is C20H17Cl2N7O2. The summed E-state index contributed by atoms with van der Waals surface area (Å²) in [5.41, 5.74) is 3.96. The predicted octanol–water partition coefficient (Wildman–Crippen LogP) is 2.63. The summed E-state index contributed by atoms with van der Waals surface area (Å²) in [7, 11) is 2.98. The summed E-state index contributed by atoms with van der Waals surface area (Å²) in [6, 6.07) is 8.69. The lowest BCUT2D eigenvalue weighted by molar-refractivity contribution is 0.702. The number of anilines is 1. The van der Waals surface area contributed by atoms with Gasteiger partial charge in [0.15, 0.2) is 11.2 Å². The van der Waals surface area contributed by atoms with Gasteiger partial charge in [0.25, 0.3) is 5.56 Å². The second-order valence-electron chi connectivity index (χ2n) is 6.79. The molecule has 11 heteroatoms. The van der Waals surface area contributed by atoms with Crippen molar-refractivity contribution in [2.24, 2.45) is 19.2 Å². The van der Waals surface area contributed by atoms with E-state index in [9.17, 15) is 9.59 Å². The Morgan fingerprint density at radius 2 is 1.84 bits per heavy atom. The number of benzene rings is 1. The van der Waals surface area contributed by atoms with E-state index in [1.165, 1.54) is 11.6 Å². The summed E-state index contributed by atoms with van der Waals surface area (Å²) >= 11 is 12.4. The number of pyridine rings is 1.